The number of aryl methyl sites for hydroxylation is 2. The van der Waals surface area contributed by atoms with Gasteiger partial charge in [0.15, 0.2) is 11.9 Å². The zero-order chi connectivity index (χ0) is 24.1. The molecule has 3 rings (SSSR count). The van der Waals surface area contributed by atoms with E-state index in [9.17, 15) is 9.59 Å². The lowest BCUT2D eigenvalue weighted by Gasteiger charge is -2.15. The number of halogens is 2. The number of ether oxygens (including phenoxy) is 3. The summed E-state index contributed by atoms with van der Waals surface area (Å²) in [6.07, 6.45) is 4.14. The first-order valence-corrected chi connectivity index (χ1v) is 11.1. The van der Waals surface area contributed by atoms with Gasteiger partial charge in [0.2, 0.25) is 5.88 Å². The third kappa shape index (κ3) is 6.79. The second kappa shape index (κ2) is 10.8. The minimum absolute atomic E-state index is 0.0804. The van der Waals surface area contributed by atoms with E-state index in [4.69, 9.17) is 42.5 Å². The number of benzene rings is 1. The number of nitrogens with zero attached hydrogens (tertiary/aromatic N) is 2. The molecule has 1 atom stereocenters. The number of carbonyl (C=O) groups excluding carboxylic acids is 1. The van der Waals surface area contributed by atoms with Crippen molar-refractivity contribution in [3.63, 3.8) is 0 Å². The number of hydrogen-bond donors (Lipinski definition) is 2. The predicted molar refractivity (Wildman–Crippen MR) is 123 cm³/mol. The van der Waals surface area contributed by atoms with Crippen molar-refractivity contribution < 1.29 is 28.9 Å². The van der Waals surface area contributed by atoms with Crippen LogP contribution in [-0.4, -0.2) is 46.2 Å². The fourth-order valence-corrected chi connectivity index (χ4v) is 3.35. The van der Waals surface area contributed by atoms with Crippen molar-refractivity contribution in [3.8, 4) is 17.4 Å². The highest BCUT2D eigenvalue weighted by Gasteiger charge is 2.22. The van der Waals surface area contributed by atoms with Crippen molar-refractivity contribution in [2.45, 2.75) is 32.8 Å². The Bertz CT molecular complexity index is 1060. The van der Waals surface area contributed by atoms with Gasteiger partial charge in [-0.05, 0) is 50.8 Å². The first-order valence-electron chi connectivity index (χ1n) is 10.3. The number of amides is 1. The third-order valence-electron chi connectivity index (χ3n) is 4.89. The Morgan fingerprint density at radius 2 is 2.00 bits per heavy atom. The topological polar surface area (TPSA) is 112 Å². The zero-order valence-corrected chi connectivity index (χ0v) is 19.9. The molecule has 1 aromatic carbocycles. The van der Waals surface area contributed by atoms with Crippen LogP contribution in [-0.2, 0) is 16.6 Å². The minimum Gasteiger partial charge on any atom is -0.479 e. The van der Waals surface area contributed by atoms with Crippen molar-refractivity contribution in [1.29, 1.82) is 0 Å². The largest absolute Gasteiger partial charge is 0.479 e. The number of carboxylic acid groups (broad SMARTS) is 1. The molecule has 1 saturated carbocycles. The molecule has 2 aromatic rings. The Kier molecular flexibility index (Phi) is 8.10. The molecule has 1 aliphatic carbocycles. The molecular weight excluding hydrogens is 473 g/mol. The smallest absolute Gasteiger partial charge is 0.407 e. The van der Waals surface area contributed by atoms with E-state index < -0.39 is 18.2 Å². The van der Waals surface area contributed by atoms with Crippen LogP contribution in [0.5, 0.6) is 17.4 Å². The van der Waals surface area contributed by atoms with Gasteiger partial charge in [-0.3, -0.25) is 0 Å². The van der Waals surface area contributed by atoms with E-state index in [1.54, 1.807) is 19.2 Å². The highest BCUT2D eigenvalue weighted by molar-refractivity contribution is 6.36. The predicted octanol–water partition coefficient (Wildman–Crippen LogP) is 4.83. The van der Waals surface area contributed by atoms with Gasteiger partial charge in [0, 0.05) is 19.7 Å². The van der Waals surface area contributed by atoms with Crippen LogP contribution in [0.15, 0.2) is 18.2 Å². The molecule has 1 heterocycles. The minimum atomic E-state index is -1.14. The number of aromatic nitrogens is 2. The molecule has 33 heavy (non-hydrogen) atoms. The molecule has 0 spiro atoms. The molecule has 0 saturated heterocycles. The summed E-state index contributed by atoms with van der Waals surface area (Å²) in [5.41, 5.74) is 1.34. The van der Waals surface area contributed by atoms with Crippen LogP contribution in [0.4, 0.5) is 4.79 Å². The van der Waals surface area contributed by atoms with E-state index in [1.807, 2.05) is 6.92 Å². The number of carboxylic acids is 1. The molecule has 0 aliphatic heterocycles. The first-order chi connectivity index (χ1) is 15.7. The van der Waals surface area contributed by atoms with E-state index in [1.165, 1.54) is 23.7 Å². The Hall–Kier alpha value is -2.91. The second-order valence-corrected chi connectivity index (χ2v) is 8.48. The molecule has 0 radical (unpaired) electrons. The molecule has 178 valence electrons. The molecule has 0 bridgehead atoms. The second-order valence-electron chi connectivity index (χ2n) is 7.67. The number of aliphatic carboxylic acids is 1. The number of nitrogens with one attached hydrogen (secondary N) is 1. The van der Waals surface area contributed by atoms with Crippen LogP contribution < -0.4 is 14.8 Å². The number of carbonyl (C=O) groups is 2. The monoisotopic (exact) mass is 497 g/mol. The Morgan fingerprint density at radius 3 is 2.67 bits per heavy atom. The average molecular weight is 498 g/mol. The maximum atomic E-state index is 11.7. The van der Waals surface area contributed by atoms with E-state index in [0.29, 0.717) is 29.6 Å². The normalized spacial score (nSPS) is 14.2. The number of hydrogen-bond acceptors (Lipinski definition) is 6. The van der Waals surface area contributed by atoms with Gasteiger partial charge in [0.1, 0.15) is 12.4 Å². The van der Waals surface area contributed by atoms with Crippen molar-refractivity contribution in [1.82, 2.24) is 15.1 Å². The lowest BCUT2D eigenvalue weighted by atomic mass is 10.2. The molecule has 1 aromatic heterocycles. The number of rotatable bonds is 10. The molecule has 2 N–H and O–H groups in total. The molecule has 1 fully saturated rings. The van der Waals surface area contributed by atoms with E-state index in [0.717, 1.165) is 12.8 Å². The van der Waals surface area contributed by atoms with Gasteiger partial charge >= 0.3 is 12.1 Å². The standard InChI is InChI=1S/C22H25Cl2N3O6/c1-12-15(5-4-8-31-22(30)25-11-14-6-7-14)20(27(3)26-12)33-19-10-18(16(23)9-17(19)24)32-13(2)21(28)29/h4-5,9-10,13-14H,6-8,11H2,1-3H3,(H,25,30)(H,28,29)/b5-4+/t13-/m0/s1. The fourth-order valence-electron chi connectivity index (χ4n) is 2.88. The van der Waals surface area contributed by atoms with Crippen molar-refractivity contribution >= 4 is 41.3 Å². The van der Waals surface area contributed by atoms with Gasteiger partial charge in [0.25, 0.3) is 0 Å². The highest BCUT2D eigenvalue weighted by Crippen LogP contribution is 2.39. The van der Waals surface area contributed by atoms with Crippen LogP contribution in [0.25, 0.3) is 6.08 Å². The summed E-state index contributed by atoms with van der Waals surface area (Å²) in [6.45, 7) is 3.91. The van der Waals surface area contributed by atoms with E-state index in [2.05, 4.69) is 10.4 Å². The van der Waals surface area contributed by atoms with Crippen molar-refractivity contribution in [2.24, 2.45) is 13.0 Å². The van der Waals surface area contributed by atoms with Gasteiger partial charge in [-0.25, -0.2) is 14.3 Å². The summed E-state index contributed by atoms with van der Waals surface area (Å²) in [5, 5.41) is 16.5. The first kappa shape index (κ1) is 24.7. The molecule has 9 nitrogen and oxygen atoms in total. The Labute approximate surface area is 201 Å². The van der Waals surface area contributed by atoms with Crippen LogP contribution in [0, 0.1) is 12.8 Å². The van der Waals surface area contributed by atoms with Crippen LogP contribution in [0.1, 0.15) is 31.0 Å². The lowest BCUT2D eigenvalue weighted by Crippen LogP contribution is -2.26. The number of alkyl carbamates (subject to hydrolysis) is 1. The van der Waals surface area contributed by atoms with E-state index >= 15 is 0 Å². The fraction of sp³-hybridized carbons (Fsp3) is 0.409. The van der Waals surface area contributed by atoms with Gasteiger partial charge in [0.05, 0.1) is 21.3 Å². The third-order valence-corrected chi connectivity index (χ3v) is 5.48. The highest BCUT2D eigenvalue weighted by atomic mass is 35.5. The van der Waals surface area contributed by atoms with Crippen LogP contribution >= 0.6 is 23.2 Å². The van der Waals surface area contributed by atoms with Crippen LogP contribution in [0.3, 0.4) is 0 Å². The summed E-state index contributed by atoms with van der Waals surface area (Å²) < 4.78 is 18.1. The summed E-state index contributed by atoms with van der Waals surface area (Å²) in [7, 11) is 1.70. The SMILES string of the molecule is Cc1nn(C)c(Oc2cc(O[C@@H](C)C(=O)O)c(Cl)cc2Cl)c1/C=C/COC(=O)NCC1CC1. The summed E-state index contributed by atoms with van der Waals surface area (Å²) in [5.74, 6) is 0.142. The van der Waals surface area contributed by atoms with Gasteiger partial charge in [-0.2, -0.15) is 5.10 Å². The Balaban J connectivity index is 1.72. The van der Waals surface area contributed by atoms with Crippen LogP contribution in [0.2, 0.25) is 10.0 Å². The van der Waals surface area contributed by atoms with Gasteiger partial charge < -0.3 is 24.6 Å². The molecule has 0 unspecified atom stereocenters. The maximum absolute atomic E-state index is 11.7. The molecular formula is C22H25Cl2N3O6. The summed E-state index contributed by atoms with van der Waals surface area (Å²) in [6, 6.07) is 2.84. The average Bonchev–Trinajstić information content (AvgIpc) is 3.54. The Morgan fingerprint density at radius 1 is 1.30 bits per heavy atom. The van der Waals surface area contributed by atoms with Crippen molar-refractivity contribution in [2.75, 3.05) is 13.2 Å². The summed E-state index contributed by atoms with van der Waals surface area (Å²) in [4.78, 5) is 22.8. The quantitative estimate of drug-likeness (QED) is 0.483. The van der Waals surface area contributed by atoms with Gasteiger partial charge in [-0.15, -0.1) is 0 Å². The lowest BCUT2D eigenvalue weighted by molar-refractivity contribution is -0.144. The maximum Gasteiger partial charge on any atom is 0.407 e. The zero-order valence-electron chi connectivity index (χ0n) is 18.4. The molecule has 1 aliphatic rings. The molecule has 11 heteroatoms. The van der Waals surface area contributed by atoms with Crippen molar-refractivity contribution in [3.05, 3.63) is 39.5 Å². The molecule has 1 amide bonds. The van der Waals surface area contributed by atoms with E-state index in [-0.39, 0.29) is 28.2 Å². The van der Waals surface area contributed by atoms with Gasteiger partial charge in [-0.1, -0.05) is 23.2 Å². The summed E-state index contributed by atoms with van der Waals surface area (Å²) >= 11 is 12.4.